The van der Waals surface area contributed by atoms with Gasteiger partial charge in [0.2, 0.25) is 5.91 Å². The van der Waals surface area contributed by atoms with Crippen molar-refractivity contribution in [1.29, 1.82) is 0 Å². The number of nitrogens with zero attached hydrogens (tertiary/aromatic N) is 1. The summed E-state index contributed by atoms with van der Waals surface area (Å²) in [5.74, 6) is -1.35. The number of rotatable bonds is 5. The predicted molar refractivity (Wildman–Crippen MR) is 102 cm³/mol. The van der Waals surface area contributed by atoms with E-state index in [4.69, 9.17) is 4.74 Å². The molecule has 6 heteroatoms. The Hall–Kier alpha value is -2.37. The minimum Gasteiger partial charge on any atom is -0.455 e. The van der Waals surface area contributed by atoms with E-state index in [0.717, 1.165) is 36.9 Å². The molecule has 2 aliphatic rings. The quantitative estimate of drug-likeness (QED) is 0.637. The average molecular weight is 372 g/mol. The van der Waals surface area contributed by atoms with E-state index in [0.29, 0.717) is 6.54 Å². The highest BCUT2D eigenvalue weighted by Crippen LogP contribution is 2.26. The third-order valence-electron chi connectivity index (χ3n) is 5.37. The minimum atomic E-state index is -0.524. The van der Waals surface area contributed by atoms with E-state index in [2.05, 4.69) is 5.32 Å². The van der Waals surface area contributed by atoms with Gasteiger partial charge >= 0.3 is 5.97 Å². The van der Waals surface area contributed by atoms with Crippen LogP contribution in [0.3, 0.4) is 0 Å². The van der Waals surface area contributed by atoms with E-state index >= 15 is 0 Å². The number of nitrogens with one attached hydrogen (secondary N) is 1. The first kappa shape index (κ1) is 19.4. The molecule has 3 rings (SSSR count). The molecule has 0 bridgehead atoms. The van der Waals surface area contributed by atoms with Gasteiger partial charge in [-0.2, -0.15) is 0 Å². The lowest BCUT2D eigenvalue weighted by Crippen LogP contribution is -2.38. The molecule has 0 spiro atoms. The molecule has 2 fully saturated rings. The Kier molecular flexibility index (Phi) is 6.48. The maximum Gasteiger partial charge on any atom is 0.311 e. The number of amides is 2. The van der Waals surface area contributed by atoms with Crippen molar-refractivity contribution in [2.75, 3.05) is 18.1 Å². The molecule has 146 valence electrons. The second kappa shape index (κ2) is 9.02. The molecule has 0 aromatic heterocycles. The summed E-state index contributed by atoms with van der Waals surface area (Å²) in [6.45, 7) is 2.01. The van der Waals surface area contributed by atoms with Crippen LogP contribution in [0.15, 0.2) is 24.3 Å². The van der Waals surface area contributed by atoms with E-state index in [1.54, 1.807) is 4.90 Å². The molecule has 2 amide bonds. The molecule has 6 nitrogen and oxygen atoms in total. The minimum absolute atomic E-state index is 0.0938. The van der Waals surface area contributed by atoms with Gasteiger partial charge in [-0.3, -0.25) is 14.4 Å². The van der Waals surface area contributed by atoms with Gasteiger partial charge in [0.25, 0.3) is 5.91 Å². The summed E-state index contributed by atoms with van der Waals surface area (Å²) in [5, 5.41) is 2.96. The SMILES string of the molecule is Cc1ccc(N2C[C@H](C(=O)OCC(=O)NC3CCCCCC3)CC2=O)cc1. The summed E-state index contributed by atoms with van der Waals surface area (Å²) < 4.78 is 5.18. The topological polar surface area (TPSA) is 75.7 Å². The van der Waals surface area contributed by atoms with Crippen molar-refractivity contribution in [2.24, 2.45) is 5.92 Å². The number of anilines is 1. The van der Waals surface area contributed by atoms with Crippen LogP contribution >= 0.6 is 0 Å². The lowest BCUT2D eigenvalue weighted by molar-refractivity contribution is -0.152. The molecule has 1 aliphatic carbocycles. The van der Waals surface area contributed by atoms with Crippen molar-refractivity contribution in [3.63, 3.8) is 0 Å². The zero-order valence-electron chi connectivity index (χ0n) is 15.9. The van der Waals surface area contributed by atoms with Gasteiger partial charge in [0, 0.05) is 24.7 Å². The zero-order chi connectivity index (χ0) is 19.2. The third-order valence-corrected chi connectivity index (χ3v) is 5.37. The molecule has 1 saturated heterocycles. The van der Waals surface area contributed by atoms with Gasteiger partial charge in [-0.05, 0) is 31.9 Å². The molecule has 0 unspecified atom stereocenters. The summed E-state index contributed by atoms with van der Waals surface area (Å²) in [7, 11) is 0. The number of esters is 1. The van der Waals surface area contributed by atoms with Gasteiger partial charge in [-0.1, -0.05) is 43.4 Å². The number of benzene rings is 1. The maximum atomic E-state index is 12.3. The van der Waals surface area contributed by atoms with Crippen molar-refractivity contribution in [2.45, 2.75) is 57.9 Å². The fourth-order valence-corrected chi connectivity index (χ4v) is 3.79. The van der Waals surface area contributed by atoms with Crippen LogP contribution in [0.1, 0.15) is 50.5 Å². The van der Waals surface area contributed by atoms with Gasteiger partial charge in [0.15, 0.2) is 6.61 Å². The van der Waals surface area contributed by atoms with E-state index in [1.807, 2.05) is 31.2 Å². The van der Waals surface area contributed by atoms with Crippen LogP contribution in [0.2, 0.25) is 0 Å². The molecular weight excluding hydrogens is 344 g/mol. The van der Waals surface area contributed by atoms with Gasteiger partial charge < -0.3 is 15.0 Å². The van der Waals surface area contributed by atoms with Crippen molar-refractivity contribution < 1.29 is 19.1 Å². The first-order valence-corrected chi connectivity index (χ1v) is 9.86. The van der Waals surface area contributed by atoms with E-state index in [-0.39, 0.29) is 30.9 Å². The molecule has 1 atom stereocenters. The average Bonchev–Trinajstić information content (AvgIpc) is 2.87. The summed E-state index contributed by atoms with van der Waals surface area (Å²) in [6, 6.07) is 7.81. The van der Waals surface area contributed by atoms with Gasteiger partial charge in [0.05, 0.1) is 5.92 Å². The van der Waals surface area contributed by atoms with Gasteiger partial charge in [-0.25, -0.2) is 0 Å². The summed E-state index contributed by atoms with van der Waals surface area (Å²) in [6.07, 6.45) is 6.79. The molecule has 1 aliphatic heterocycles. The fourth-order valence-electron chi connectivity index (χ4n) is 3.79. The van der Waals surface area contributed by atoms with Crippen molar-refractivity contribution in [3.8, 4) is 0 Å². The monoisotopic (exact) mass is 372 g/mol. The van der Waals surface area contributed by atoms with Crippen molar-refractivity contribution >= 4 is 23.5 Å². The van der Waals surface area contributed by atoms with E-state index in [9.17, 15) is 14.4 Å². The van der Waals surface area contributed by atoms with Crippen LogP contribution in [-0.2, 0) is 19.1 Å². The Balaban J connectivity index is 1.46. The zero-order valence-corrected chi connectivity index (χ0v) is 15.9. The van der Waals surface area contributed by atoms with Crippen LogP contribution in [0.25, 0.3) is 0 Å². The summed E-state index contributed by atoms with van der Waals surface area (Å²) in [4.78, 5) is 38.2. The second-order valence-corrected chi connectivity index (χ2v) is 7.60. The first-order chi connectivity index (χ1) is 13.0. The summed E-state index contributed by atoms with van der Waals surface area (Å²) in [5.41, 5.74) is 1.90. The third kappa shape index (κ3) is 5.31. The number of hydrogen-bond donors (Lipinski definition) is 1. The number of carbonyl (C=O) groups excluding carboxylic acids is 3. The van der Waals surface area contributed by atoms with Crippen LogP contribution in [0.5, 0.6) is 0 Å². The number of ether oxygens (including phenoxy) is 1. The Morgan fingerprint density at radius 3 is 2.44 bits per heavy atom. The molecule has 1 aromatic carbocycles. The van der Waals surface area contributed by atoms with Crippen LogP contribution < -0.4 is 10.2 Å². The highest BCUT2D eigenvalue weighted by atomic mass is 16.5. The molecule has 1 heterocycles. The largest absolute Gasteiger partial charge is 0.455 e. The summed E-state index contributed by atoms with van der Waals surface area (Å²) >= 11 is 0. The van der Waals surface area contributed by atoms with Crippen LogP contribution in [0.4, 0.5) is 5.69 Å². The number of aryl methyl sites for hydroxylation is 1. The van der Waals surface area contributed by atoms with E-state index < -0.39 is 11.9 Å². The van der Waals surface area contributed by atoms with Crippen LogP contribution in [-0.4, -0.2) is 37.0 Å². The van der Waals surface area contributed by atoms with Crippen LogP contribution in [0, 0.1) is 12.8 Å². The smallest absolute Gasteiger partial charge is 0.311 e. The van der Waals surface area contributed by atoms with Gasteiger partial charge in [0.1, 0.15) is 0 Å². The molecule has 1 saturated carbocycles. The Labute approximate surface area is 160 Å². The standard InChI is InChI=1S/C21H28N2O4/c1-15-8-10-18(11-9-15)23-13-16(12-20(23)25)21(26)27-14-19(24)22-17-6-4-2-3-5-7-17/h8-11,16-17H,2-7,12-14H2,1H3,(H,22,24)/t16-/m1/s1. The Morgan fingerprint density at radius 1 is 1.11 bits per heavy atom. The van der Waals surface area contributed by atoms with Crippen molar-refractivity contribution in [3.05, 3.63) is 29.8 Å². The Morgan fingerprint density at radius 2 is 1.78 bits per heavy atom. The molecule has 27 heavy (non-hydrogen) atoms. The second-order valence-electron chi connectivity index (χ2n) is 7.60. The molecular formula is C21H28N2O4. The highest BCUT2D eigenvalue weighted by Gasteiger charge is 2.36. The highest BCUT2D eigenvalue weighted by molar-refractivity contribution is 5.99. The lowest BCUT2D eigenvalue weighted by atomic mass is 10.1. The van der Waals surface area contributed by atoms with Crippen molar-refractivity contribution in [1.82, 2.24) is 5.32 Å². The molecule has 1 aromatic rings. The predicted octanol–water partition coefficient (Wildman–Crippen LogP) is 2.73. The normalized spacial score (nSPS) is 21.0. The first-order valence-electron chi connectivity index (χ1n) is 9.86. The molecule has 0 radical (unpaired) electrons. The molecule has 1 N–H and O–H groups in total. The maximum absolute atomic E-state index is 12.3. The lowest BCUT2D eigenvalue weighted by Gasteiger charge is -2.17. The Bertz CT molecular complexity index is 678. The van der Waals surface area contributed by atoms with Gasteiger partial charge in [-0.15, -0.1) is 0 Å². The number of hydrogen-bond acceptors (Lipinski definition) is 4. The number of carbonyl (C=O) groups is 3. The fraction of sp³-hybridized carbons (Fsp3) is 0.571. The van der Waals surface area contributed by atoms with E-state index in [1.165, 1.54) is 12.8 Å².